The number of aromatic nitrogens is 3. The second kappa shape index (κ2) is 6.20. The summed E-state index contributed by atoms with van der Waals surface area (Å²) in [5.41, 5.74) is 11.7. The maximum absolute atomic E-state index is 11.1. The summed E-state index contributed by atoms with van der Waals surface area (Å²) in [6.07, 6.45) is 2.15. The molecule has 1 atom stereocenters. The Balaban J connectivity index is 2.25. The highest BCUT2D eigenvalue weighted by atomic mass is 16.4. The molecule has 0 bridgehead atoms. The zero-order valence-electron chi connectivity index (χ0n) is 14.6. The highest BCUT2D eigenvalue weighted by molar-refractivity contribution is 5.82. The molecule has 7 nitrogen and oxygen atoms in total. The lowest BCUT2D eigenvalue weighted by atomic mass is 9.79. The normalized spacial score (nSPS) is 16.3. The van der Waals surface area contributed by atoms with Gasteiger partial charge in [0.25, 0.3) is 0 Å². The van der Waals surface area contributed by atoms with E-state index in [1.165, 1.54) is 0 Å². The fraction of sp³-hybridized carbons (Fsp3) is 0.444. The van der Waals surface area contributed by atoms with E-state index in [-0.39, 0.29) is 18.2 Å². The summed E-state index contributed by atoms with van der Waals surface area (Å²) in [5, 5.41) is 23.3. The highest BCUT2D eigenvalue weighted by Gasteiger charge is 2.29. The molecule has 1 aliphatic carbocycles. The molecule has 3 rings (SSSR count). The van der Waals surface area contributed by atoms with Gasteiger partial charge in [0.1, 0.15) is 17.5 Å². The molecule has 0 amide bonds. The Bertz CT molecular complexity index is 907. The van der Waals surface area contributed by atoms with Crippen molar-refractivity contribution in [2.24, 2.45) is 13.0 Å². The molecule has 0 saturated carbocycles. The van der Waals surface area contributed by atoms with Gasteiger partial charge in [-0.3, -0.25) is 9.48 Å². The minimum absolute atomic E-state index is 0.0398. The number of aryl methyl sites for hydroxylation is 3. The van der Waals surface area contributed by atoms with Crippen LogP contribution in [-0.4, -0.2) is 25.8 Å². The summed E-state index contributed by atoms with van der Waals surface area (Å²) in [6.45, 7) is 3.86. The molecule has 2 aromatic rings. The van der Waals surface area contributed by atoms with Crippen LogP contribution in [0.25, 0.3) is 11.1 Å². The van der Waals surface area contributed by atoms with Gasteiger partial charge in [-0.1, -0.05) is 0 Å². The summed E-state index contributed by atoms with van der Waals surface area (Å²) in [4.78, 5) is 15.6. The number of pyridine rings is 1. The van der Waals surface area contributed by atoms with E-state index in [2.05, 4.69) is 16.2 Å². The fourth-order valence-corrected chi connectivity index (χ4v) is 3.80. The minimum atomic E-state index is -0.798. The average molecular weight is 339 g/mol. The number of hydrogen-bond donors (Lipinski definition) is 2. The van der Waals surface area contributed by atoms with Crippen molar-refractivity contribution in [3.8, 4) is 17.2 Å². The Morgan fingerprint density at radius 1 is 1.44 bits per heavy atom. The molecule has 1 aliphatic rings. The molecule has 0 radical (unpaired) electrons. The van der Waals surface area contributed by atoms with Gasteiger partial charge >= 0.3 is 5.97 Å². The first-order chi connectivity index (χ1) is 11.8. The summed E-state index contributed by atoms with van der Waals surface area (Å²) in [7, 11) is 1.86. The number of fused-ring (bicyclic) bond motifs is 1. The van der Waals surface area contributed by atoms with Crippen LogP contribution in [0.15, 0.2) is 0 Å². The summed E-state index contributed by atoms with van der Waals surface area (Å²) < 4.78 is 1.78. The number of anilines is 1. The third kappa shape index (κ3) is 2.84. The number of carboxylic acid groups (broad SMARTS) is 1. The lowest BCUT2D eigenvalue weighted by molar-refractivity contribution is -0.138. The van der Waals surface area contributed by atoms with E-state index in [0.29, 0.717) is 18.4 Å². The standard InChI is InChI=1S/C18H21N5O2/c1-9-16(10(2)23(3)22-9)17-12-6-11(7-15(24)25)4-5-14(12)21-18(20)13(17)8-19/h11H,4-7H2,1-3H3,(H2,20,21)(H,24,25). The predicted octanol–water partition coefficient (Wildman–Crippen LogP) is 2.13. The largest absolute Gasteiger partial charge is 0.481 e. The number of nitriles is 1. The first kappa shape index (κ1) is 17.0. The quantitative estimate of drug-likeness (QED) is 0.884. The molecule has 3 N–H and O–H groups in total. The fourth-order valence-electron chi connectivity index (χ4n) is 3.80. The van der Waals surface area contributed by atoms with Gasteiger partial charge < -0.3 is 10.8 Å². The number of aliphatic carboxylic acids is 1. The molecule has 130 valence electrons. The predicted molar refractivity (Wildman–Crippen MR) is 92.8 cm³/mol. The van der Waals surface area contributed by atoms with Crippen molar-refractivity contribution in [1.82, 2.24) is 14.8 Å². The summed E-state index contributed by atoms with van der Waals surface area (Å²) >= 11 is 0. The van der Waals surface area contributed by atoms with E-state index < -0.39 is 5.97 Å². The van der Waals surface area contributed by atoms with Crippen LogP contribution in [0.5, 0.6) is 0 Å². The Morgan fingerprint density at radius 3 is 2.72 bits per heavy atom. The van der Waals surface area contributed by atoms with Gasteiger partial charge in [0.05, 0.1) is 5.69 Å². The van der Waals surface area contributed by atoms with Crippen LogP contribution in [0.4, 0.5) is 5.82 Å². The van der Waals surface area contributed by atoms with Crippen LogP contribution < -0.4 is 5.73 Å². The van der Waals surface area contributed by atoms with Crippen molar-refractivity contribution in [3.63, 3.8) is 0 Å². The molecule has 0 aliphatic heterocycles. The van der Waals surface area contributed by atoms with Crippen LogP contribution in [0.1, 0.15) is 41.1 Å². The van der Waals surface area contributed by atoms with E-state index in [0.717, 1.165) is 40.2 Å². The number of nitrogens with two attached hydrogens (primary N) is 1. The lowest BCUT2D eigenvalue weighted by Gasteiger charge is -2.26. The molecule has 0 aromatic carbocycles. The van der Waals surface area contributed by atoms with Gasteiger partial charge in [-0.25, -0.2) is 4.98 Å². The second-order valence-electron chi connectivity index (χ2n) is 6.66. The molecule has 7 heteroatoms. The number of rotatable bonds is 3. The van der Waals surface area contributed by atoms with Gasteiger partial charge in [0.2, 0.25) is 0 Å². The lowest BCUT2D eigenvalue weighted by Crippen LogP contribution is -2.21. The number of nitrogens with zero attached hydrogens (tertiary/aromatic N) is 4. The van der Waals surface area contributed by atoms with E-state index in [9.17, 15) is 10.1 Å². The molecule has 2 heterocycles. The Labute approximate surface area is 146 Å². The molecular weight excluding hydrogens is 318 g/mol. The summed E-state index contributed by atoms with van der Waals surface area (Å²) in [6, 6.07) is 2.19. The Hall–Kier alpha value is -2.88. The van der Waals surface area contributed by atoms with E-state index in [1.807, 2.05) is 20.9 Å². The Kier molecular flexibility index (Phi) is 4.21. The topological polar surface area (TPSA) is 118 Å². The van der Waals surface area contributed by atoms with Crippen LogP contribution in [-0.2, 0) is 24.7 Å². The van der Waals surface area contributed by atoms with Crippen molar-refractivity contribution in [1.29, 1.82) is 5.26 Å². The maximum atomic E-state index is 11.1. The second-order valence-corrected chi connectivity index (χ2v) is 6.66. The zero-order valence-corrected chi connectivity index (χ0v) is 14.6. The van der Waals surface area contributed by atoms with Crippen molar-refractivity contribution in [2.75, 3.05) is 5.73 Å². The van der Waals surface area contributed by atoms with Crippen molar-refractivity contribution < 1.29 is 9.90 Å². The van der Waals surface area contributed by atoms with E-state index in [1.54, 1.807) is 4.68 Å². The molecule has 2 aromatic heterocycles. The Morgan fingerprint density at radius 2 is 2.16 bits per heavy atom. The highest BCUT2D eigenvalue weighted by Crippen LogP contribution is 2.40. The van der Waals surface area contributed by atoms with E-state index in [4.69, 9.17) is 10.8 Å². The SMILES string of the molecule is Cc1nn(C)c(C)c1-c1c(C#N)c(N)nc2c1CC(CC(=O)O)CC2. The molecule has 0 spiro atoms. The smallest absolute Gasteiger partial charge is 0.303 e. The van der Waals surface area contributed by atoms with Crippen LogP contribution in [0.3, 0.4) is 0 Å². The number of carbonyl (C=O) groups is 1. The zero-order chi connectivity index (χ0) is 18.3. The molecular formula is C18H21N5O2. The van der Waals surface area contributed by atoms with Crippen molar-refractivity contribution in [2.45, 2.75) is 39.5 Å². The van der Waals surface area contributed by atoms with Gasteiger partial charge in [0, 0.05) is 36.0 Å². The minimum Gasteiger partial charge on any atom is -0.481 e. The van der Waals surface area contributed by atoms with Crippen LogP contribution >= 0.6 is 0 Å². The molecule has 25 heavy (non-hydrogen) atoms. The van der Waals surface area contributed by atoms with Crippen LogP contribution in [0.2, 0.25) is 0 Å². The van der Waals surface area contributed by atoms with Gasteiger partial charge in [-0.05, 0) is 44.6 Å². The summed E-state index contributed by atoms with van der Waals surface area (Å²) in [5.74, 6) is -0.527. The van der Waals surface area contributed by atoms with E-state index >= 15 is 0 Å². The molecule has 0 fully saturated rings. The maximum Gasteiger partial charge on any atom is 0.303 e. The number of nitrogen functional groups attached to an aromatic ring is 1. The first-order valence-corrected chi connectivity index (χ1v) is 8.27. The van der Waals surface area contributed by atoms with Gasteiger partial charge in [-0.15, -0.1) is 0 Å². The van der Waals surface area contributed by atoms with Gasteiger partial charge in [0.15, 0.2) is 0 Å². The third-order valence-corrected chi connectivity index (χ3v) is 5.03. The third-order valence-electron chi connectivity index (χ3n) is 5.03. The number of carboxylic acids is 1. The average Bonchev–Trinajstić information content (AvgIpc) is 2.79. The molecule has 0 saturated heterocycles. The van der Waals surface area contributed by atoms with Crippen molar-refractivity contribution >= 4 is 11.8 Å². The van der Waals surface area contributed by atoms with Crippen molar-refractivity contribution in [3.05, 3.63) is 28.2 Å². The first-order valence-electron chi connectivity index (χ1n) is 8.27. The monoisotopic (exact) mass is 339 g/mol. The molecule has 1 unspecified atom stereocenters. The van der Waals surface area contributed by atoms with Crippen LogP contribution in [0, 0.1) is 31.1 Å². The number of hydrogen-bond acceptors (Lipinski definition) is 5. The van der Waals surface area contributed by atoms with Gasteiger partial charge in [-0.2, -0.15) is 10.4 Å².